The molecule has 2 rings (SSSR count). The van der Waals surface area contributed by atoms with Gasteiger partial charge in [-0.1, -0.05) is 18.2 Å². The maximum absolute atomic E-state index is 11.7. The topological polar surface area (TPSA) is 52.9 Å². The van der Waals surface area contributed by atoms with Gasteiger partial charge in [-0.2, -0.15) is 0 Å². The van der Waals surface area contributed by atoms with Crippen molar-refractivity contribution < 1.29 is 0 Å². The molecule has 4 nitrogen and oxygen atoms in total. The lowest BCUT2D eigenvalue weighted by molar-refractivity contribution is 0.616. The summed E-state index contributed by atoms with van der Waals surface area (Å²) in [5.41, 5.74) is 7.16. The molecule has 0 unspecified atom stereocenters. The van der Waals surface area contributed by atoms with Gasteiger partial charge in [-0.3, -0.25) is 9.48 Å². The predicted octanol–water partition coefficient (Wildman–Crippen LogP) is 1.06. The minimum atomic E-state index is -0.0517. The van der Waals surface area contributed by atoms with E-state index in [1.54, 1.807) is 15.4 Å². The van der Waals surface area contributed by atoms with Crippen LogP contribution in [0.5, 0.6) is 0 Å². The molecule has 0 spiro atoms. The molecule has 5 heteroatoms. The highest BCUT2D eigenvalue weighted by Gasteiger charge is 2.07. The first-order valence-electron chi connectivity index (χ1n) is 4.77. The van der Waals surface area contributed by atoms with Gasteiger partial charge in [0.1, 0.15) is 0 Å². The zero-order valence-corrected chi connectivity index (χ0v) is 9.78. The first kappa shape index (κ1) is 12.5. The molecule has 86 valence electrons. The lowest BCUT2D eigenvalue weighted by Gasteiger charge is -2.08. The van der Waals surface area contributed by atoms with Crippen LogP contribution in [0.1, 0.15) is 5.69 Å². The fourth-order valence-corrected chi connectivity index (χ4v) is 1.63. The Morgan fingerprint density at radius 3 is 2.38 bits per heavy atom. The maximum Gasteiger partial charge on any atom is 0.271 e. The van der Waals surface area contributed by atoms with Gasteiger partial charge < -0.3 is 5.73 Å². The Hall–Kier alpha value is -1.52. The molecule has 1 aromatic heterocycles. The highest BCUT2D eigenvalue weighted by molar-refractivity contribution is 5.85. The number of hydrogen-bond acceptors (Lipinski definition) is 2. The van der Waals surface area contributed by atoms with E-state index in [9.17, 15) is 4.79 Å². The standard InChI is InChI=1S/C11H13N3O.ClH/c1-13-10(8-12)7-11(15)14(13)9-5-3-2-4-6-9;/h2-7H,8,12H2,1H3;1H. The van der Waals surface area contributed by atoms with Crippen molar-refractivity contribution in [1.29, 1.82) is 0 Å². The van der Waals surface area contributed by atoms with Crippen molar-refractivity contribution >= 4 is 12.4 Å². The van der Waals surface area contributed by atoms with Crippen molar-refractivity contribution in [2.24, 2.45) is 12.8 Å². The quantitative estimate of drug-likeness (QED) is 0.852. The number of benzene rings is 1. The molecule has 2 N–H and O–H groups in total. The van der Waals surface area contributed by atoms with Crippen LogP contribution in [0.25, 0.3) is 5.69 Å². The van der Waals surface area contributed by atoms with E-state index in [1.807, 2.05) is 37.4 Å². The molecular weight excluding hydrogens is 226 g/mol. The van der Waals surface area contributed by atoms with Crippen LogP contribution in [0, 0.1) is 0 Å². The zero-order chi connectivity index (χ0) is 10.8. The minimum Gasteiger partial charge on any atom is -0.325 e. The largest absolute Gasteiger partial charge is 0.325 e. The van der Waals surface area contributed by atoms with Gasteiger partial charge >= 0.3 is 0 Å². The Bertz CT molecular complexity index is 516. The van der Waals surface area contributed by atoms with Gasteiger partial charge in [0.2, 0.25) is 0 Å². The molecule has 0 saturated carbocycles. The van der Waals surface area contributed by atoms with Crippen LogP contribution >= 0.6 is 12.4 Å². The molecule has 0 aliphatic carbocycles. The fourth-order valence-electron chi connectivity index (χ4n) is 1.63. The average molecular weight is 240 g/mol. The molecule has 0 fully saturated rings. The SMILES string of the molecule is Cl.Cn1c(CN)cc(=O)n1-c1ccccc1. The summed E-state index contributed by atoms with van der Waals surface area (Å²) >= 11 is 0. The Kier molecular flexibility index (Phi) is 3.93. The normalized spacial score (nSPS) is 9.88. The molecule has 0 bridgehead atoms. The zero-order valence-electron chi connectivity index (χ0n) is 8.96. The summed E-state index contributed by atoms with van der Waals surface area (Å²) in [5.74, 6) is 0. The van der Waals surface area contributed by atoms with E-state index in [2.05, 4.69) is 0 Å². The average Bonchev–Trinajstić information content (AvgIpc) is 2.55. The van der Waals surface area contributed by atoms with Gasteiger partial charge in [0.05, 0.1) is 11.4 Å². The third-order valence-corrected chi connectivity index (χ3v) is 2.42. The monoisotopic (exact) mass is 239 g/mol. The summed E-state index contributed by atoms with van der Waals surface area (Å²) in [6.45, 7) is 0.367. The first-order chi connectivity index (χ1) is 7.24. The molecule has 0 saturated heterocycles. The van der Waals surface area contributed by atoms with E-state index < -0.39 is 0 Å². The smallest absolute Gasteiger partial charge is 0.271 e. The van der Waals surface area contributed by atoms with Crippen molar-refractivity contribution in [2.75, 3.05) is 0 Å². The number of para-hydroxylation sites is 1. The van der Waals surface area contributed by atoms with E-state index in [0.717, 1.165) is 11.4 Å². The second-order valence-corrected chi connectivity index (χ2v) is 3.35. The van der Waals surface area contributed by atoms with E-state index in [-0.39, 0.29) is 18.0 Å². The summed E-state index contributed by atoms with van der Waals surface area (Å²) in [6, 6.07) is 11.1. The Morgan fingerprint density at radius 2 is 1.88 bits per heavy atom. The molecule has 0 aliphatic heterocycles. The van der Waals surface area contributed by atoms with Crippen LogP contribution in [0.4, 0.5) is 0 Å². The summed E-state index contributed by atoms with van der Waals surface area (Å²) in [4.78, 5) is 11.7. The van der Waals surface area contributed by atoms with Gasteiger partial charge in [-0.25, -0.2) is 4.68 Å². The molecule has 16 heavy (non-hydrogen) atoms. The lowest BCUT2D eigenvalue weighted by atomic mass is 10.3. The second-order valence-electron chi connectivity index (χ2n) is 3.35. The van der Waals surface area contributed by atoms with Crippen LogP contribution in [0.15, 0.2) is 41.2 Å². The van der Waals surface area contributed by atoms with Crippen molar-refractivity contribution in [3.63, 3.8) is 0 Å². The van der Waals surface area contributed by atoms with Gasteiger partial charge in [0.25, 0.3) is 5.56 Å². The molecule has 1 aromatic carbocycles. The van der Waals surface area contributed by atoms with Gasteiger partial charge in [0, 0.05) is 19.7 Å². The molecule has 1 heterocycles. The van der Waals surface area contributed by atoms with Crippen LogP contribution in [-0.4, -0.2) is 9.36 Å². The number of hydrogen-bond donors (Lipinski definition) is 1. The number of rotatable bonds is 2. The number of aromatic nitrogens is 2. The summed E-state index contributed by atoms with van der Waals surface area (Å²) < 4.78 is 3.37. The maximum atomic E-state index is 11.7. The van der Waals surface area contributed by atoms with Gasteiger partial charge in [-0.15, -0.1) is 12.4 Å². The minimum absolute atomic E-state index is 0. The van der Waals surface area contributed by atoms with E-state index in [0.29, 0.717) is 6.54 Å². The predicted molar refractivity (Wildman–Crippen MR) is 66.1 cm³/mol. The molecule has 0 aliphatic rings. The van der Waals surface area contributed by atoms with E-state index in [1.165, 1.54) is 0 Å². The Morgan fingerprint density at radius 1 is 1.25 bits per heavy atom. The number of nitrogens with zero attached hydrogens (tertiary/aromatic N) is 2. The summed E-state index contributed by atoms with van der Waals surface area (Å²) in [6.07, 6.45) is 0. The number of nitrogens with two attached hydrogens (primary N) is 1. The first-order valence-corrected chi connectivity index (χ1v) is 4.77. The van der Waals surface area contributed by atoms with Gasteiger partial charge in [-0.05, 0) is 12.1 Å². The second kappa shape index (κ2) is 5.01. The van der Waals surface area contributed by atoms with Crippen molar-refractivity contribution in [3.8, 4) is 5.69 Å². The Balaban J connectivity index is 0.00000128. The van der Waals surface area contributed by atoms with Crippen LogP contribution < -0.4 is 11.3 Å². The van der Waals surface area contributed by atoms with E-state index in [4.69, 9.17) is 5.73 Å². The lowest BCUT2D eigenvalue weighted by Crippen LogP contribution is -2.19. The van der Waals surface area contributed by atoms with Gasteiger partial charge in [0.15, 0.2) is 0 Å². The van der Waals surface area contributed by atoms with Crippen LogP contribution in [0.3, 0.4) is 0 Å². The van der Waals surface area contributed by atoms with Crippen molar-refractivity contribution in [1.82, 2.24) is 9.36 Å². The molecule has 0 amide bonds. The highest BCUT2D eigenvalue weighted by atomic mass is 35.5. The number of halogens is 1. The third-order valence-electron chi connectivity index (χ3n) is 2.42. The molecule has 0 atom stereocenters. The van der Waals surface area contributed by atoms with Crippen LogP contribution in [0.2, 0.25) is 0 Å². The van der Waals surface area contributed by atoms with Crippen LogP contribution in [-0.2, 0) is 13.6 Å². The van der Waals surface area contributed by atoms with Crippen molar-refractivity contribution in [3.05, 3.63) is 52.4 Å². The fraction of sp³-hybridized carbons (Fsp3) is 0.182. The third kappa shape index (κ3) is 2.03. The molecule has 2 aromatic rings. The molecule has 0 radical (unpaired) electrons. The summed E-state index contributed by atoms with van der Waals surface area (Å²) in [7, 11) is 1.83. The Labute approximate surface area is 99.7 Å². The highest BCUT2D eigenvalue weighted by Crippen LogP contribution is 2.05. The van der Waals surface area contributed by atoms with E-state index >= 15 is 0 Å². The summed E-state index contributed by atoms with van der Waals surface area (Å²) in [5, 5.41) is 0. The van der Waals surface area contributed by atoms with Crippen molar-refractivity contribution in [2.45, 2.75) is 6.54 Å². The molecular formula is C11H14ClN3O.